The highest BCUT2D eigenvalue weighted by Gasteiger charge is 2.15. The van der Waals surface area contributed by atoms with Crippen molar-refractivity contribution < 1.29 is 9.53 Å². The van der Waals surface area contributed by atoms with Crippen molar-refractivity contribution in [3.63, 3.8) is 0 Å². The lowest BCUT2D eigenvalue weighted by Crippen LogP contribution is -2.28. The van der Waals surface area contributed by atoms with Gasteiger partial charge in [0.2, 0.25) is 5.91 Å². The minimum absolute atomic E-state index is 0.104. The zero-order valence-electron chi connectivity index (χ0n) is 16.6. The van der Waals surface area contributed by atoms with Gasteiger partial charge in [-0.25, -0.2) is 4.98 Å². The molecule has 4 aromatic rings. The van der Waals surface area contributed by atoms with Crippen molar-refractivity contribution in [3.05, 3.63) is 70.8 Å². The maximum absolute atomic E-state index is 12.7. The van der Waals surface area contributed by atoms with Crippen LogP contribution in [0.15, 0.2) is 59.7 Å². The van der Waals surface area contributed by atoms with E-state index in [1.807, 2.05) is 38.1 Å². The Balaban J connectivity index is 1.53. The third-order valence-electron chi connectivity index (χ3n) is 4.47. The van der Waals surface area contributed by atoms with Crippen molar-refractivity contribution in [2.24, 2.45) is 0 Å². The van der Waals surface area contributed by atoms with E-state index in [9.17, 15) is 9.59 Å². The number of carbonyl (C=O) groups is 1. The summed E-state index contributed by atoms with van der Waals surface area (Å²) in [6, 6.07) is 14.6. The highest BCUT2D eigenvalue weighted by molar-refractivity contribution is 5.90. The molecule has 2 aromatic carbocycles. The molecule has 9 nitrogen and oxygen atoms in total. The molecule has 152 valence electrons. The van der Waals surface area contributed by atoms with E-state index in [1.54, 1.807) is 24.3 Å². The first-order valence-electron chi connectivity index (χ1n) is 9.46. The molecule has 0 aliphatic rings. The highest BCUT2D eigenvalue weighted by Crippen LogP contribution is 2.16. The van der Waals surface area contributed by atoms with Gasteiger partial charge >= 0.3 is 0 Å². The summed E-state index contributed by atoms with van der Waals surface area (Å²) in [7, 11) is 0. The minimum Gasteiger partial charge on any atom is -0.494 e. The van der Waals surface area contributed by atoms with Gasteiger partial charge in [0.25, 0.3) is 5.56 Å². The van der Waals surface area contributed by atoms with Crippen molar-refractivity contribution >= 4 is 22.8 Å². The number of benzene rings is 2. The summed E-state index contributed by atoms with van der Waals surface area (Å²) < 4.78 is 8.09. The summed E-state index contributed by atoms with van der Waals surface area (Å²) in [6.45, 7) is 4.27. The smallest absolute Gasteiger partial charge is 0.284 e. The third kappa shape index (κ3) is 3.90. The monoisotopic (exact) mass is 404 g/mol. The number of aromatic nitrogens is 5. The molecular formula is C21H20N6O3. The first-order valence-corrected chi connectivity index (χ1v) is 9.46. The van der Waals surface area contributed by atoms with Crippen LogP contribution in [0.4, 0.5) is 5.69 Å². The van der Waals surface area contributed by atoms with Crippen molar-refractivity contribution in [2.45, 2.75) is 20.4 Å². The van der Waals surface area contributed by atoms with Gasteiger partial charge in [0.15, 0.2) is 11.2 Å². The third-order valence-corrected chi connectivity index (χ3v) is 4.47. The highest BCUT2D eigenvalue weighted by atomic mass is 16.5. The van der Waals surface area contributed by atoms with Gasteiger partial charge in [-0.3, -0.25) is 14.2 Å². The van der Waals surface area contributed by atoms with Gasteiger partial charge in [-0.1, -0.05) is 22.9 Å². The number of hydrogen-bond donors (Lipinski definition) is 1. The van der Waals surface area contributed by atoms with Crippen LogP contribution in [0.2, 0.25) is 0 Å². The fraction of sp³-hybridized carbons (Fsp3) is 0.190. The minimum atomic E-state index is -0.430. The molecular weight excluding hydrogens is 384 g/mol. The number of nitrogens with zero attached hydrogens (tertiary/aromatic N) is 5. The second-order valence-electron chi connectivity index (χ2n) is 6.69. The van der Waals surface area contributed by atoms with Crippen LogP contribution in [-0.4, -0.2) is 37.1 Å². The Bertz CT molecular complexity index is 1240. The summed E-state index contributed by atoms with van der Waals surface area (Å²) in [5, 5.41) is 10.8. The van der Waals surface area contributed by atoms with Crippen LogP contribution < -0.4 is 15.6 Å². The van der Waals surface area contributed by atoms with E-state index in [0.29, 0.717) is 17.9 Å². The Labute approximate surface area is 171 Å². The van der Waals surface area contributed by atoms with Gasteiger partial charge in [0.1, 0.15) is 18.6 Å². The summed E-state index contributed by atoms with van der Waals surface area (Å²) >= 11 is 0. The van der Waals surface area contributed by atoms with E-state index in [0.717, 1.165) is 17.0 Å². The molecule has 0 aliphatic carbocycles. The number of rotatable bonds is 6. The van der Waals surface area contributed by atoms with Gasteiger partial charge in [-0.2, -0.15) is 4.68 Å². The van der Waals surface area contributed by atoms with E-state index in [2.05, 4.69) is 20.6 Å². The predicted octanol–water partition coefficient (Wildman–Crippen LogP) is 2.32. The standard InChI is InChI=1S/C21H20N6O3/c1-3-30-17-10-6-15(7-11-17)23-18(28)12-26-13-22-20-19(21(26)29)24-25-27(20)16-8-4-14(2)5-9-16/h4-11,13H,3,12H2,1-2H3,(H,23,28). The predicted molar refractivity (Wildman–Crippen MR) is 112 cm³/mol. The molecule has 1 N–H and O–H groups in total. The lowest BCUT2D eigenvalue weighted by atomic mass is 10.2. The molecule has 2 heterocycles. The molecule has 0 aliphatic heterocycles. The van der Waals surface area contributed by atoms with Crippen molar-refractivity contribution in [1.82, 2.24) is 24.5 Å². The molecule has 9 heteroatoms. The molecule has 0 radical (unpaired) electrons. The number of carbonyl (C=O) groups excluding carboxylic acids is 1. The summed E-state index contributed by atoms with van der Waals surface area (Å²) in [4.78, 5) is 29.4. The largest absolute Gasteiger partial charge is 0.494 e. The molecule has 0 bridgehead atoms. The van der Waals surface area contributed by atoms with Gasteiger partial charge in [-0.05, 0) is 50.2 Å². The lowest BCUT2D eigenvalue weighted by molar-refractivity contribution is -0.116. The van der Waals surface area contributed by atoms with Gasteiger partial charge < -0.3 is 10.1 Å². The van der Waals surface area contributed by atoms with Crippen LogP contribution in [0.5, 0.6) is 5.75 Å². The van der Waals surface area contributed by atoms with E-state index in [-0.39, 0.29) is 18.0 Å². The van der Waals surface area contributed by atoms with E-state index >= 15 is 0 Å². The quantitative estimate of drug-likeness (QED) is 0.529. The molecule has 1 amide bonds. The average Bonchev–Trinajstić information content (AvgIpc) is 3.17. The molecule has 0 saturated carbocycles. The molecule has 0 unspecified atom stereocenters. The fourth-order valence-electron chi connectivity index (χ4n) is 2.97. The Kier molecular flexibility index (Phi) is 5.25. The first kappa shape index (κ1) is 19.3. The SMILES string of the molecule is CCOc1ccc(NC(=O)Cn2cnc3c(nnn3-c3ccc(C)cc3)c2=O)cc1. The summed E-state index contributed by atoms with van der Waals surface area (Å²) in [5.41, 5.74) is 2.48. The Morgan fingerprint density at radius 2 is 1.83 bits per heavy atom. The number of aryl methyl sites for hydroxylation is 1. The Hall–Kier alpha value is -4.01. The van der Waals surface area contributed by atoms with Gasteiger partial charge in [0, 0.05) is 5.69 Å². The molecule has 0 saturated heterocycles. The average molecular weight is 404 g/mol. The zero-order chi connectivity index (χ0) is 21.1. The molecule has 0 spiro atoms. The van der Waals surface area contributed by atoms with Crippen LogP contribution >= 0.6 is 0 Å². The number of anilines is 1. The van der Waals surface area contributed by atoms with Crippen LogP contribution in [0.1, 0.15) is 12.5 Å². The number of ether oxygens (including phenoxy) is 1. The first-order chi connectivity index (χ1) is 14.5. The second-order valence-corrected chi connectivity index (χ2v) is 6.69. The van der Waals surface area contributed by atoms with Gasteiger partial charge in [-0.15, -0.1) is 5.10 Å². The number of nitrogens with one attached hydrogen (secondary N) is 1. The molecule has 2 aromatic heterocycles. The van der Waals surface area contributed by atoms with E-state index < -0.39 is 5.56 Å². The molecule has 0 atom stereocenters. The van der Waals surface area contributed by atoms with Crippen molar-refractivity contribution in [2.75, 3.05) is 11.9 Å². The van der Waals surface area contributed by atoms with Crippen LogP contribution in [0, 0.1) is 6.92 Å². The van der Waals surface area contributed by atoms with Crippen LogP contribution in [0.3, 0.4) is 0 Å². The van der Waals surface area contributed by atoms with Crippen molar-refractivity contribution in [1.29, 1.82) is 0 Å². The molecule has 30 heavy (non-hydrogen) atoms. The van der Waals surface area contributed by atoms with Crippen molar-refractivity contribution in [3.8, 4) is 11.4 Å². The normalized spacial score (nSPS) is 10.9. The molecule has 0 fully saturated rings. The van der Waals surface area contributed by atoms with Crippen LogP contribution in [-0.2, 0) is 11.3 Å². The zero-order valence-corrected chi connectivity index (χ0v) is 16.6. The van der Waals surface area contributed by atoms with E-state index in [1.165, 1.54) is 15.6 Å². The summed E-state index contributed by atoms with van der Waals surface area (Å²) in [5.74, 6) is 0.367. The Morgan fingerprint density at radius 3 is 2.53 bits per heavy atom. The lowest BCUT2D eigenvalue weighted by Gasteiger charge is -2.08. The number of hydrogen-bond acceptors (Lipinski definition) is 6. The fourth-order valence-corrected chi connectivity index (χ4v) is 2.97. The number of fused-ring (bicyclic) bond motifs is 1. The summed E-state index contributed by atoms with van der Waals surface area (Å²) in [6.07, 6.45) is 1.33. The molecule has 4 rings (SSSR count). The number of amides is 1. The Morgan fingerprint density at radius 1 is 1.10 bits per heavy atom. The maximum Gasteiger partial charge on any atom is 0.284 e. The topological polar surface area (TPSA) is 104 Å². The maximum atomic E-state index is 12.7. The van der Waals surface area contributed by atoms with Crippen LogP contribution in [0.25, 0.3) is 16.9 Å². The van der Waals surface area contributed by atoms with E-state index in [4.69, 9.17) is 4.74 Å². The second kappa shape index (κ2) is 8.16. The van der Waals surface area contributed by atoms with Gasteiger partial charge in [0.05, 0.1) is 12.3 Å².